The Morgan fingerprint density at radius 2 is 1.59 bits per heavy atom. The van der Waals surface area contributed by atoms with Crippen molar-refractivity contribution in [2.24, 2.45) is 0 Å². The van der Waals surface area contributed by atoms with Gasteiger partial charge in [0.2, 0.25) is 0 Å². The lowest BCUT2D eigenvalue weighted by molar-refractivity contribution is -0.175. The van der Waals surface area contributed by atoms with Crippen molar-refractivity contribution in [3.05, 3.63) is 0 Å². The number of carbonyl (C=O) groups is 3. The molecule has 0 aliphatic heterocycles. The molecule has 1 unspecified atom stereocenters. The van der Waals surface area contributed by atoms with Crippen molar-refractivity contribution < 1.29 is 34.1 Å². The molecule has 0 heterocycles. The molecule has 0 amide bonds. The van der Waals surface area contributed by atoms with Crippen LogP contribution in [0.1, 0.15) is 53.4 Å². The zero-order chi connectivity index (χ0) is 17.3. The minimum absolute atomic E-state index is 0.124. The molecule has 0 aromatic carbocycles. The lowest BCUT2D eigenvalue weighted by atomic mass is 9.99. The van der Waals surface area contributed by atoms with Crippen LogP contribution in [-0.2, 0) is 23.9 Å². The van der Waals surface area contributed by atoms with E-state index >= 15 is 0 Å². The predicted molar refractivity (Wildman–Crippen MR) is 77.9 cm³/mol. The fraction of sp³-hybridized carbons (Fsp3) is 0.800. The number of hydrogen-bond acceptors (Lipinski definition) is 7. The summed E-state index contributed by atoms with van der Waals surface area (Å²) in [5, 5.41) is 19.1. The van der Waals surface area contributed by atoms with Gasteiger partial charge in [-0.15, -0.1) is 0 Å². The quantitative estimate of drug-likeness (QED) is 0.572. The maximum absolute atomic E-state index is 11.9. The molecule has 0 saturated heterocycles. The Labute approximate surface area is 130 Å². The second kappa shape index (κ2) is 10.3. The first-order valence-corrected chi connectivity index (χ1v) is 7.39. The number of carbonyl (C=O) groups excluding carboxylic acids is 3. The molecule has 0 saturated carbocycles. The zero-order valence-corrected chi connectivity index (χ0v) is 13.6. The average molecular weight is 318 g/mol. The van der Waals surface area contributed by atoms with Gasteiger partial charge in [-0.1, -0.05) is 6.92 Å². The number of rotatable bonds is 10. The maximum Gasteiger partial charge on any atom is 0.303 e. The fourth-order valence-electron chi connectivity index (χ4n) is 1.97. The topological polar surface area (TPSA) is 110 Å². The van der Waals surface area contributed by atoms with Crippen LogP contribution in [0.3, 0.4) is 0 Å². The van der Waals surface area contributed by atoms with Gasteiger partial charge < -0.3 is 19.7 Å². The molecule has 7 nitrogen and oxygen atoms in total. The molecule has 22 heavy (non-hydrogen) atoms. The lowest BCUT2D eigenvalue weighted by Crippen LogP contribution is -2.43. The Morgan fingerprint density at radius 3 is 2.00 bits per heavy atom. The number of ketones is 1. The normalized spacial score (nSPS) is 16.3. The van der Waals surface area contributed by atoms with Gasteiger partial charge in [0.1, 0.15) is 11.9 Å². The van der Waals surface area contributed by atoms with E-state index in [4.69, 9.17) is 9.47 Å². The smallest absolute Gasteiger partial charge is 0.303 e. The van der Waals surface area contributed by atoms with Crippen LogP contribution < -0.4 is 0 Å². The number of aliphatic hydroxyl groups excluding tert-OH is 2. The minimum Gasteiger partial charge on any atom is -0.458 e. The summed E-state index contributed by atoms with van der Waals surface area (Å²) >= 11 is 0. The minimum atomic E-state index is -1.11. The van der Waals surface area contributed by atoms with Crippen molar-refractivity contribution in [3.63, 3.8) is 0 Å². The molecule has 0 aromatic heterocycles. The number of aliphatic hydroxyl groups is 2. The average Bonchev–Trinajstić information content (AvgIpc) is 2.40. The molecule has 0 bridgehead atoms. The van der Waals surface area contributed by atoms with Crippen molar-refractivity contribution in [2.45, 2.75) is 77.8 Å². The summed E-state index contributed by atoms with van der Waals surface area (Å²) in [5.41, 5.74) is 0. The molecule has 7 heteroatoms. The van der Waals surface area contributed by atoms with Crippen molar-refractivity contribution in [2.75, 3.05) is 0 Å². The molecular formula is C15H26O7. The second-order valence-electron chi connectivity index (χ2n) is 5.31. The lowest BCUT2D eigenvalue weighted by Gasteiger charge is -2.28. The van der Waals surface area contributed by atoms with Gasteiger partial charge in [0, 0.05) is 26.7 Å². The molecule has 4 atom stereocenters. The van der Waals surface area contributed by atoms with Gasteiger partial charge in [-0.05, 0) is 19.8 Å². The Kier molecular flexibility index (Phi) is 9.60. The van der Waals surface area contributed by atoms with Crippen molar-refractivity contribution >= 4 is 17.7 Å². The molecule has 0 aliphatic carbocycles. The molecule has 0 spiro atoms. The van der Waals surface area contributed by atoms with E-state index in [9.17, 15) is 24.6 Å². The maximum atomic E-state index is 11.9. The summed E-state index contributed by atoms with van der Waals surface area (Å²) in [4.78, 5) is 34.2. The third-order valence-electron chi connectivity index (χ3n) is 3.12. The van der Waals surface area contributed by atoms with Gasteiger partial charge in [0.25, 0.3) is 0 Å². The zero-order valence-electron chi connectivity index (χ0n) is 13.6. The highest BCUT2D eigenvalue weighted by molar-refractivity contribution is 5.79. The van der Waals surface area contributed by atoms with Crippen LogP contribution in [0.4, 0.5) is 0 Å². The molecule has 0 aromatic rings. The monoisotopic (exact) mass is 318 g/mol. The Bertz CT molecular complexity index is 378. The Morgan fingerprint density at radius 1 is 1.05 bits per heavy atom. The largest absolute Gasteiger partial charge is 0.458 e. The van der Waals surface area contributed by atoms with Crippen LogP contribution in [0.15, 0.2) is 0 Å². The molecular weight excluding hydrogens is 292 g/mol. The van der Waals surface area contributed by atoms with Gasteiger partial charge >= 0.3 is 11.9 Å². The van der Waals surface area contributed by atoms with Crippen LogP contribution in [0.5, 0.6) is 0 Å². The fourth-order valence-corrected chi connectivity index (χ4v) is 1.97. The van der Waals surface area contributed by atoms with E-state index in [1.807, 2.05) is 0 Å². The van der Waals surface area contributed by atoms with E-state index in [-0.39, 0.29) is 18.6 Å². The van der Waals surface area contributed by atoms with Crippen molar-refractivity contribution in [3.8, 4) is 0 Å². The highest BCUT2D eigenvalue weighted by Crippen LogP contribution is 2.16. The van der Waals surface area contributed by atoms with E-state index in [0.717, 1.165) is 0 Å². The molecule has 128 valence electrons. The highest BCUT2D eigenvalue weighted by Gasteiger charge is 2.33. The van der Waals surface area contributed by atoms with E-state index in [0.29, 0.717) is 12.8 Å². The molecule has 0 fully saturated rings. The summed E-state index contributed by atoms with van der Waals surface area (Å²) in [6.07, 6.45) is -3.01. The van der Waals surface area contributed by atoms with Gasteiger partial charge in [-0.25, -0.2) is 0 Å². The van der Waals surface area contributed by atoms with Crippen molar-refractivity contribution in [1.29, 1.82) is 0 Å². The van der Waals surface area contributed by atoms with Gasteiger partial charge in [-0.2, -0.15) is 0 Å². The van der Waals surface area contributed by atoms with Crippen LogP contribution in [0.25, 0.3) is 0 Å². The predicted octanol–water partition coefficient (Wildman–Crippen LogP) is 0.741. The second-order valence-corrected chi connectivity index (χ2v) is 5.31. The van der Waals surface area contributed by atoms with Crippen LogP contribution in [0, 0.1) is 0 Å². The summed E-state index contributed by atoms with van der Waals surface area (Å²) in [7, 11) is 0. The number of esters is 2. The van der Waals surface area contributed by atoms with E-state index in [1.165, 1.54) is 20.8 Å². The highest BCUT2D eigenvalue weighted by atomic mass is 16.6. The molecule has 2 N–H and O–H groups in total. The van der Waals surface area contributed by atoms with E-state index in [1.54, 1.807) is 6.92 Å². The van der Waals surface area contributed by atoms with Crippen LogP contribution in [0.2, 0.25) is 0 Å². The van der Waals surface area contributed by atoms with Gasteiger partial charge in [0.15, 0.2) is 6.10 Å². The molecule has 0 rings (SSSR count). The van der Waals surface area contributed by atoms with Gasteiger partial charge in [-0.3, -0.25) is 14.4 Å². The summed E-state index contributed by atoms with van der Waals surface area (Å²) in [6, 6.07) is 0. The number of Topliss-reactive ketones (excluding diaryl/α,β-unsaturated/α-hetero) is 1. The number of hydrogen-bond donors (Lipinski definition) is 2. The first kappa shape index (κ1) is 20.5. The Balaban J connectivity index is 4.83. The third-order valence-corrected chi connectivity index (χ3v) is 3.12. The molecule has 0 aliphatic rings. The summed E-state index contributed by atoms with van der Waals surface area (Å²) in [5.74, 6) is -1.52. The van der Waals surface area contributed by atoms with Crippen LogP contribution >= 0.6 is 0 Å². The van der Waals surface area contributed by atoms with E-state index < -0.39 is 36.4 Å². The molecule has 0 radical (unpaired) electrons. The summed E-state index contributed by atoms with van der Waals surface area (Å²) in [6.45, 7) is 5.53. The number of ether oxygens (including phenoxy) is 2. The standard InChI is InChI=1S/C15H26O7/c1-5-12(19)6-7-13(20)8-14(21-10(3)17)15(9(2)16)22-11(4)18/h9,12,14-16,19H,5-8H2,1-4H3/t9-,12?,14-,15-/m1/s1. The first-order valence-electron chi connectivity index (χ1n) is 7.39. The third kappa shape index (κ3) is 8.74. The van der Waals surface area contributed by atoms with Crippen molar-refractivity contribution in [1.82, 2.24) is 0 Å². The summed E-state index contributed by atoms with van der Waals surface area (Å²) < 4.78 is 9.97. The SMILES string of the molecule is CCC(O)CCC(=O)C[C@@H](OC(C)=O)[C@H](OC(C)=O)[C@@H](C)O. The first-order chi connectivity index (χ1) is 10.2. The van der Waals surface area contributed by atoms with E-state index in [2.05, 4.69) is 0 Å². The Hall–Kier alpha value is -1.47. The van der Waals surface area contributed by atoms with Gasteiger partial charge in [0.05, 0.1) is 12.2 Å². The van der Waals surface area contributed by atoms with Crippen LogP contribution in [-0.4, -0.2) is 52.4 Å².